The van der Waals surface area contributed by atoms with Crippen LogP contribution in [-0.2, 0) is 11.2 Å². The van der Waals surface area contributed by atoms with Crippen molar-refractivity contribution in [3.8, 4) is 11.8 Å². The maximum atomic E-state index is 11.2. The molecule has 2 aromatic carbocycles. The number of benzene rings is 2. The predicted molar refractivity (Wildman–Crippen MR) is 173 cm³/mol. The molecule has 0 heterocycles. The van der Waals surface area contributed by atoms with Crippen LogP contribution in [0.3, 0.4) is 0 Å². The molecule has 2 aromatic rings. The van der Waals surface area contributed by atoms with E-state index in [1.165, 1.54) is 30.4 Å². The van der Waals surface area contributed by atoms with E-state index in [1.54, 1.807) is 20.9 Å². The Morgan fingerprint density at radius 3 is 1.70 bits per heavy atom. The molecule has 0 radical (unpaired) electrons. The molecule has 40 heavy (non-hydrogen) atoms. The number of aryl methyl sites for hydroxylation is 1. The third kappa shape index (κ3) is 17.0. The van der Waals surface area contributed by atoms with Crippen molar-refractivity contribution in [2.75, 3.05) is 14.2 Å². The minimum Gasteiger partial charge on any atom is -0.400 e. The fraction of sp³-hybridized carbons (Fsp3) is 0.389. The Hall–Kier alpha value is -3.68. The van der Waals surface area contributed by atoms with E-state index in [2.05, 4.69) is 67.9 Å². The first-order chi connectivity index (χ1) is 19.2. The van der Waals surface area contributed by atoms with Gasteiger partial charge in [-0.25, -0.2) is 0 Å². The van der Waals surface area contributed by atoms with Gasteiger partial charge in [0.15, 0.2) is 5.78 Å². The molecule has 0 aromatic heterocycles. The molecule has 0 aliphatic heterocycles. The second-order valence-corrected chi connectivity index (χ2v) is 8.65. The van der Waals surface area contributed by atoms with Gasteiger partial charge in [0, 0.05) is 36.5 Å². The third-order valence-electron chi connectivity index (χ3n) is 5.94. The molecule has 1 aliphatic rings. The van der Waals surface area contributed by atoms with Crippen LogP contribution in [0.2, 0.25) is 0 Å². The van der Waals surface area contributed by atoms with E-state index < -0.39 is 0 Å². The van der Waals surface area contributed by atoms with Crippen LogP contribution in [0.5, 0.6) is 0 Å². The Kier molecular flexibility index (Phi) is 23.4. The summed E-state index contributed by atoms with van der Waals surface area (Å²) in [6.45, 7) is 17.0. The first-order valence-electron chi connectivity index (χ1n) is 14.1. The number of Topliss-reactive ketones (excluding diaryl/α,β-unsaturated/α-hetero) is 2. The number of ketones is 2. The van der Waals surface area contributed by atoms with Gasteiger partial charge in [0.2, 0.25) is 0 Å². The molecule has 0 spiro atoms. The van der Waals surface area contributed by atoms with Crippen molar-refractivity contribution in [3.63, 3.8) is 0 Å². The molecule has 1 atom stereocenters. The molecule has 1 aliphatic carbocycles. The molecule has 0 saturated heterocycles. The van der Waals surface area contributed by atoms with Crippen LogP contribution in [0.1, 0.15) is 94.8 Å². The van der Waals surface area contributed by atoms with Crippen molar-refractivity contribution in [1.82, 2.24) is 5.32 Å². The van der Waals surface area contributed by atoms with Crippen LogP contribution in [0.4, 0.5) is 0 Å². The van der Waals surface area contributed by atoms with Gasteiger partial charge in [-0.1, -0.05) is 94.2 Å². The molecule has 4 heteroatoms. The van der Waals surface area contributed by atoms with Gasteiger partial charge in [-0.2, -0.15) is 0 Å². The summed E-state index contributed by atoms with van der Waals surface area (Å²) in [6.07, 6.45) is 11.5. The van der Waals surface area contributed by atoms with Crippen molar-refractivity contribution in [1.29, 1.82) is 0 Å². The summed E-state index contributed by atoms with van der Waals surface area (Å²) in [7, 11) is 2.77. The number of carbonyl (C=O) groups is 2. The Labute approximate surface area is 244 Å². The Morgan fingerprint density at radius 2 is 1.40 bits per heavy atom. The van der Waals surface area contributed by atoms with Crippen LogP contribution < -0.4 is 5.32 Å². The number of rotatable bonds is 6. The SMILES string of the molecule is C=C(NC)C(C)C(C)=O.CC.CCC1=CCCC=C1.CCc1ccc(C#Cc2ccc(C(C)=O)cc2)cc1.CO. The molecule has 218 valence electrons. The lowest BCUT2D eigenvalue weighted by Crippen LogP contribution is -2.18. The van der Waals surface area contributed by atoms with E-state index in [-0.39, 0.29) is 17.5 Å². The largest absolute Gasteiger partial charge is 0.400 e. The molecule has 0 saturated carbocycles. The van der Waals surface area contributed by atoms with E-state index in [0.29, 0.717) is 0 Å². The van der Waals surface area contributed by atoms with Crippen LogP contribution in [0.25, 0.3) is 0 Å². The first kappa shape index (κ1) is 38.5. The van der Waals surface area contributed by atoms with Crippen molar-refractivity contribution < 1.29 is 14.7 Å². The van der Waals surface area contributed by atoms with E-state index >= 15 is 0 Å². The molecule has 1 unspecified atom stereocenters. The fourth-order valence-corrected chi connectivity index (χ4v) is 3.15. The highest BCUT2D eigenvalue weighted by molar-refractivity contribution is 5.94. The predicted octanol–water partition coefficient (Wildman–Crippen LogP) is 8.10. The fourth-order valence-electron chi connectivity index (χ4n) is 3.15. The summed E-state index contributed by atoms with van der Waals surface area (Å²) >= 11 is 0. The van der Waals surface area contributed by atoms with Crippen LogP contribution in [-0.4, -0.2) is 30.8 Å². The molecule has 2 N–H and O–H groups in total. The lowest BCUT2D eigenvalue weighted by Gasteiger charge is -2.09. The first-order valence-corrected chi connectivity index (χ1v) is 14.1. The lowest BCUT2D eigenvalue weighted by atomic mass is 10.1. The lowest BCUT2D eigenvalue weighted by molar-refractivity contribution is -0.119. The van der Waals surface area contributed by atoms with E-state index in [9.17, 15) is 9.59 Å². The van der Waals surface area contributed by atoms with Gasteiger partial charge in [-0.05, 0) is 76.3 Å². The summed E-state index contributed by atoms with van der Waals surface area (Å²) in [4.78, 5) is 21.8. The molecular weight excluding hydrogens is 494 g/mol. The number of carbonyl (C=O) groups excluding carboxylic acids is 2. The quantitative estimate of drug-likeness (QED) is 0.284. The minimum absolute atomic E-state index is 0.0602. The molecule has 0 amide bonds. The summed E-state index contributed by atoms with van der Waals surface area (Å²) in [5.41, 5.74) is 6.24. The smallest absolute Gasteiger partial charge is 0.159 e. The zero-order valence-corrected chi connectivity index (χ0v) is 26.2. The number of aliphatic hydroxyl groups excluding tert-OH is 1. The maximum absolute atomic E-state index is 11.2. The highest BCUT2D eigenvalue weighted by Gasteiger charge is 2.08. The highest BCUT2D eigenvalue weighted by atomic mass is 16.2. The summed E-state index contributed by atoms with van der Waals surface area (Å²) in [5, 5.41) is 9.83. The monoisotopic (exact) mass is 545 g/mol. The van der Waals surface area contributed by atoms with E-state index in [0.717, 1.165) is 35.9 Å². The summed E-state index contributed by atoms with van der Waals surface area (Å²) < 4.78 is 0. The Balaban J connectivity index is 0. The topological polar surface area (TPSA) is 66.4 Å². The minimum atomic E-state index is -0.0602. The molecular formula is C36H51NO3. The van der Waals surface area contributed by atoms with Crippen molar-refractivity contribution in [3.05, 3.63) is 107 Å². The van der Waals surface area contributed by atoms with Crippen LogP contribution in [0.15, 0.2) is 84.6 Å². The van der Waals surface area contributed by atoms with E-state index in [1.807, 2.05) is 57.2 Å². The molecule has 3 rings (SSSR count). The summed E-state index contributed by atoms with van der Waals surface area (Å²) in [5.74, 6) is 6.40. The zero-order valence-electron chi connectivity index (χ0n) is 26.2. The zero-order chi connectivity index (χ0) is 30.9. The van der Waals surface area contributed by atoms with Crippen molar-refractivity contribution in [2.24, 2.45) is 5.92 Å². The number of nitrogens with one attached hydrogen (secondary N) is 1. The van der Waals surface area contributed by atoms with E-state index in [4.69, 9.17) is 5.11 Å². The second-order valence-electron chi connectivity index (χ2n) is 8.65. The highest BCUT2D eigenvalue weighted by Crippen LogP contribution is 2.11. The van der Waals surface area contributed by atoms with Gasteiger partial charge in [0.25, 0.3) is 0 Å². The number of aliphatic hydroxyl groups is 1. The maximum Gasteiger partial charge on any atom is 0.159 e. The van der Waals surface area contributed by atoms with Crippen LogP contribution >= 0.6 is 0 Å². The average Bonchev–Trinajstić information content (AvgIpc) is 3.02. The van der Waals surface area contributed by atoms with Gasteiger partial charge < -0.3 is 10.4 Å². The van der Waals surface area contributed by atoms with Gasteiger partial charge in [-0.15, -0.1) is 0 Å². The third-order valence-corrected chi connectivity index (χ3v) is 5.94. The van der Waals surface area contributed by atoms with Gasteiger partial charge in [0.1, 0.15) is 5.78 Å². The Morgan fingerprint density at radius 1 is 0.900 bits per heavy atom. The number of allylic oxidation sites excluding steroid dienone is 5. The normalized spacial score (nSPS) is 11.3. The standard InChI is InChI=1S/C18H16O.C8H12.C7H13NO.C2H6.CH4O/c1-3-15-4-6-16(7-5-15)8-9-17-10-12-18(13-11-17)14(2)19;1-2-8-6-4-3-5-7-8;1-5(7(3)9)6(2)8-4;2*1-2/h4-7,10-13H,3H2,1-2H3;4,6-7H,2-3,5H2,1H3;5,8H,2H2,1,3-4H3;1-2H3;2H,1H3. The molecule has 0 fully saturated rings. The van der Waals surface area contributed by atoms with Gasteiger partial charge >= 0.3 is 0 Å². The summed E-state index contributed by atoms with van der Waals surface area (Å²) in [6, 6.07) is 15.7. The second kappa shape index (κ2) is 24.4. The average molecular weight is 546 g/mol. The van der Waals surface area contributed by atoms with Gasteiger partial charge in [0.05, 0.1) is 5.92 Å². The molecule has 4 nitrogen and oxygen atoms in total. The Bertz CT molecular complexity index is 1110. The van der Waals surface area contributed by atoms with Gasteiger partial charge in [-0.3, -0.25) is 9.59 Å². The van der Waals surface area contributed by atoms with Crippen molar-refractivity contribution in [2.45, 2.75) is 74.1 Å². The van der Waals surface area contributed by atoms with Crippen molar-refractivity contribution >= 4 is 11.6 Å². The molecule has 0 bridgehead atoms. The number of hydrogen-bond donors (Lipinski definition) is 2. The van der Waals surface area contributed by atoms with Crippen LogP contribution in [0, 0.1) is 17.8 Å². The number of hydrogen-bond acceptors (Lipinski definition) is 4.